The van der Waals surface area contributed by atoms with Crippen LogP contribution in [0.4, 0.5) is 4.39 Å². The van der Waals surface area contributed by atoms with Crippen molar-refractivity contribution in [2.45, 2.75) is 18.4 Å². The minimum absolute atomic E-state index is 0.165. The molecule has 0 heterocycles. The van der Waals surface area contributed by atoms with E-state index < -0.39 is 11.4 Å². The van der Waals surface area contributed by atoms with E-state index in [-0.39, 0.29) is 10.6 Å². The SMILES string of the molecule is COc1ccc(F)c(C2(O)CC2)c1Cl. The first kappa shape index (κ1) is 9.74. The molecule has 0 amide bonds. The summed E-state index contributed by atoms with van der Waals surface area (Å²) in [5.41, 5.74) is -0.908. The maximum Gasteiger partial charge on any atom is 0.138 e. The second-order valence-electron chi connectivity index (χ2n) is 3.47. The van der Waals surface area contributed by atoms with E-state index in [0.717, 1.165) is 0 Å². The minimum atomic E-state index is -1.07. The van der Waals surface area contributed by atoms with Crippen molar-refractivity contribution in [2.24, 2.45) is 0 Å². The first-order valence-corrected chi connectivity index (χ1v) is 4.71. The molecule has 1 aliphatic rings. The fourth-order valence-electron chi connectivity index (χ4n) is 1.49. The van der Waals surface area contributed by atoms with Crippen molar-refractivity contribution in [3.63, 3.8) is 0 Å². The van der Waals surface area contributed by atoms with Crippen LogP contribution in [-0.2, 0) is 5.60 Å². The lowest BCUT2D eigenvalue weighted by Crippen LogP contribution is -2.09. The molecule has 0 saturated heterocycles. The molecule has 2 rings (SSSR count). The molecule has 4 heteroatoms. The van der Waals surface area contributed by atoms with E-state index in [2.05, 4.69) is 0 Å². The third kappa shape index (κ3) is 1.37. The van der Waals surface area contributed by atoms with Crippen LogP contribution in [0.2, 0.25) is 5.02 Å². The summed E-state index contributed by atoms with van der Waals surface area (Å²) in [5.74, 6) is -0.0841. The van der Waals surface area contributed by atoms with Gasteiger partial charge in [-0.25, -0.2) is 4.39 Å². The summed E-state index contributed by atoms with van der Waals surface area (Å²) in [4.78, 5) is 0. The summed E-state index contributed by atoms with van der Waals surface area (Å²) in [5, 5.41) is 9.98. The van der Waals surface area contributed by atoms with E-state index in [0.29, 0.717) is 18.6 Å². The predicted octanol–water partition coefficient (Wildman–Crippen LogP) is 2.47. The fourth-order valence-corrected chi connectivity index (χ4v) is 1.89. The third-order valence-corrected chi connectivity index (χ3v) is 2.84. The molecular weight excluding hydrogens is 207 g/mol. The smallest absolute Gasteiger partial charge is 0.138 e. The zero-order valence-electron chi connectivity index (χ0n) is 7.68. The average molecular weight is 217 g/mol. The number of aliphatic hydroxyl groups is 1. The van der Waals surface area contributed by atoms with Crippen molar-refractivity contribution in [1.82, 2.24) is 0 Å². The molecule has 1 N–H and O–H groups in total. The highest BCUT2D eigenvalue weighted by molar-refractivity contribution is 6.33. The third-order valence-electron chi connectivity index (χ3n) is 2.46. The number of rotatable bonds is 2. The monoisotopic (exact) mass is 216 g/mol. The van der Waals surface area contributed by atoms with Crippen LogP contribution in [0.1, 0.15) is 18.4 Å². The molecule has 2 nitrogen and oxygen atoms in total. The van der Waals surface area contributed by atoms with Gasteiger partial charge in [-0.2, -0.15) is 0 Å². The Morgan fingerprint density at radius 1 is 1.50 bits per heavy atom. The van der Waals surface area contributed by atoms with Gasteiger partial charge >= 0.3 is 0 Å². The molecule has 0 aliphatic heterocycles. The second kappa shape index (κ2) is 3.11. The molecule has 1 aliphatic carbocycles. The van der Waals surface area contributed by atoms with Gasteiger partial charge in [0.1, 0.15) is 11.6 Å². The Kier molecular flexibility index (Phi) is 2.16. The van der Waals surface area contributed by atoms with Crippen molar-refractivity contribution in [3.05, 3.63) is 28.5 Å². The van der Waals surface area contributed by atoms with Crippen molar-refractivity contribution in [1.29, 1.82) is 0 Å². The van der Waals surface area contributed by atoms with Crippen molar-refractivity contribution < 1.29 is 14.2 Å². The Hall–Kier alpha value is -0.800. The number of hydrogen-bond acceptors (Lipinski definition) is 2. The van der Waals surface area contributed by atoms with Gasteiger partial charge in [-0.3, -0.25) is 0 Å². The van der Waals surface area contributed by atoms with Crippen LogP contribution in [0.3, 0.4) is 0 Å². The Morgan fingerprint density at radius 3 is 2.64 bits per heavy atom. The highest BCUT2D eigenvalue weighted by Gasteiger charge is 2.46. The highest BCUT2D eigenvalue weighted by Crippen LogP contribution is 2.50. The number of methoxy groups -OCH3 is 1. The van der Waals surface area contributed by atoms with Gasteiger partial charge in [0.25, 0.3) is 0 Å². The van der Waals surface area contributed by atoms with Crippen LogP contribution in [0.5, 0.6) is 5.75 Å². The molecule has 14 heavy (non-hydrogen) atoms. The summed E-state index contributed by atoms with van der Waals surface area (Å²) in [6.45, 7) is 0. The lowest BCUT2D eigenvalue weighted by atomic mass is 10.1. The molecule has 0 unspecified atom stereocenters. The molecule has 0 spiro atoms. The summed E-state index contributed by atoms with van der Waals surface area (Å²) in [6, 6.07) is 2.71. The van der Waals surface area contributed by atoms with Gasteiger partial charge in [-0.15, -0.1) is 0 Å². The van der Waals surface area contributed by atoms with Crippen molar-refractivity contribution in [2.75, 3.05) is 7.11 Å². The van der Waals surface area contributed by atoms with E-state index in [1.807, 2.05) is 0 Å². The lowest BCUT2D eigenvalue weighted by Gasteiger charge is -2.13. The van der Waals surface area contributed by atoms with Crippen molar-refractivity contribution in [3.8, 4) is 5.75 Å². The molecule has 0 aromatic heterocycles. The molecule has 1 saturated carbocycles. The maximum atomic E-state index is 13.4. The van der Waals surface area contributed by atoms with Gasteiger partial charge in [0.2, 0.25) is 0 Å². The van der Waals surface area contributed by atoms with Gasteiger partial charge in [0, 0.05) is 5.56 Å². The predicted molar refractivity (Wildman–Crippen MR) is 51.1 cm³/mol. The maximum absolute atomic E-state index is 13.4. The fraction of sp³-hybridized carbons (Fsp3) is 0.400. The number of ether oxygens (including phenoxy) is 1. The first-order chi connectivity index (χ1) is 6.58. The Balaban J connectivity index is 2.56. The quantitative estimate of drug-likeness (QED) is 0.823. The Bertz CT molecular complexity index is 375. The van der Waals surface area contributed by atoms with Gasteiger partial charge in [-0.05, 0) is 25.0 Å². The van der Waals surface area contributed by atoms with E-state index in [4.69, 9.17) is 16.3 Å². The molecule has 0 atom stereocenters. The largest absolute Gasteiger partial charge is 0.495 e. The van der Waals surface area contributed by atoms with E-state index in [1.54, 1.807) is 0 Å². The first-order valence-electron chi connectivity index (χ1n) is 4.33. The normalized spacial score (nSPS) is 18.0. The summed E-state index contributed by atoms with van der Waals surface area (Å²) in [7, 11) is 1.46. The van der Waals surface area contributed by atoms with Gasteiger partial charge in [0.05, 0.1) is 17.7 Å². The zero-order chi connectivity index (χ0) is 10.3. The van der Waals surface area contributed by atoms with Crippen LogP contribution >= 0.6 is 11.6 Å². The Morgan fingerprint density at radius 2 is 2.14 bits per heavy atom. The number of halogens is 2. The number of benzene rings is 1. The average Bonchev–Trinajstić information content (AvgIpc) is 2.85. The second-order valence-corrected chi connectivity index (χ2v) is 3.85. The van der Waals surface area contributed by atoms with E-state index in [1.165, 1.54) is 19.2 Å². The molecule has 1 aromatic rings. The summed E-state index contributed by atoms with van der Waals surface area (Å²) in [6.07, 6.45) is 1.10. The van der Waals surface area contributed by atoms with Crippen LogP contribution in [0, 0.1) is 5.82 Å². The lowest BCUT2D eigenvalue weighted by molar-refractivity contribution is 0.146. The van der Waals surface area contributed by atoms with E-state index in [9.17, 15) is 9.50 Å². The summed E-state index contributed by atoms with van der Waals surface area (Å²) >= 11 is 5.91. The van der Waals surface area contributed by atoms with Crippen LogP contribution < -0.4 is 4.74 Å². The number of hydrogen-bond donors (Lipinski definition) is 1. The standard InChI is InChI=1S/C10H10ClFO2/c1-14-7-3-2-6(12)8(9(7)11)10(13)4-5-10/h2-3,13H,4-5H2,1H3. The molecule has 1 fully saturated rings. The topological polar surface area (TPSA) is 29.5 Å². The minimum Gasteiger partial charge on any atom is -0.495 e. The van der Waals surface area contributed by atoms with Crippen LogP contribution in [0.25, 0.3) is 0 Å². The van der Waals surface area contributed by atoms with E-state index >= 15 is 0 Å². The Labute approximate surface area is 86.3 Å². The van der Waals surface area contributed by atoms with Gasteiger partial charge in [-0.1, -0.05) is 11.6 Å². The highest BCUT2D eigenvalue weighted by atomic mass is 35.5. The van der Waals surface area contributed by atoms with Gasteiger partial charge in [0.15, 0.2) is 0 Å². The zero-order valence-corrected chi connectivity index (χ0v) is 8.44. The summed E-state index contributed by atoms with van der Waals surface area (Å²) < 4.78 is 18.4. The van der Waals surface area contributed by atoms with Crippen LogP contribution in [-0.4, -0.2) is 12.2 Å². The van der Waals surface area contributed by atoms with Crippen LogP contribution in [0.15, 0.2) is 12.1 Å². The van der Waals surface area contributed by atoms with Crippen molar-refractivity contribution >= 4 is 11.6 Å². The molecule has 0 radical (unpaired) electrons. The molecule has 0 bridgehead atoms. The van der Waals surface area contributed by atoms with Gasteiger partial charge < -0.3 is 9.84 Å². The molecular formula is C10H10ClFO2. The molecule has 1 aromatic carbocycles. The molecule has 76 valence electrons.